The molecule has 6 nitrogen and oxygen atoms in total. The Hall–Kier alpha value is -2.12. The summed E-state index contributed by atoms with van der Waals surface area (Å²) in [6, 6.07) is 13.5. The van der Waals surface area contributed by atoms with E-state index in [4.69, 9.17) is 16.3 Å². The molecule has 1 aliphatic rings. The van der Waals surface area contributed by atoms with Crippen molar-refractivity contribution in [2.45, 2.75) is 19.1 Å². The highest BCUT2D eigenvalue weighted by atomic mass is 35.5. The van der Waals surface area contributed by atoms with Gasteiger partial charge in [-0.05, 0) is 37.3 Å². The average Bonchev–Trinajstić information content (AvgIpc) is 2.64. The maximum absolute atomic E-state index is 12.5. The molecule has 3 N–H and O–H groups in total. The summed E-state index contributed by atoms with van der Waals surface area (Å²) in [6.07, 6.45) is -0.225. The van der Waals surface area contributed by atoms with Crippen molar-refractivity contribution in [1.82, 2.24) is 5.32 Å². The third kappa shape index (κ3) is 5.43. The lowest BCUT2D eigenvalue weighted by molar-refractivity contribution is -0.123. The van der Waals surface area contributed by atoms with Crippen LogP contribution in [0.25, 0.3) is 0 Å². The minimum absolute atomic E-state index is 0. The van der Waals surface area contributed by atoms with Crippen molar-refractivity contribution in [3.8, 4) is 0 Å². The van der Waals surface area contributed by atoms with Gasteiger partial charge in [0.15, 0.2) is 0 Å². The van der Waals surface area contributed by atoms with E-state index in [9.17, 15) is 9.59 Å². The zero-order chi connectivity index (χ0) is 18.5. The molecule has 0 radical (unpaired) electrons. The number of rotatable bonds is 4. The molecule has 1 saturated heterocycles. The zero-order valence-corrected chi connectivity index (χ0v) is 16.3. The van der Waals surface area contributed by atoms with E-state index in [0.29, 0.717) is 29.5 Å². The number of ether oxygens (including phenoxy) is 1. The Labute approximate surface area is 169 Å². The van der Waals surface area contributed by atoms with Crippen molar-refractivity contribution in [1.29, 1.82) is 0 Å². The van der Waals surface area contributed by atoms with Crippen LogP contribution < -0.4 is 16.0 Å². The van der Waals surface area contributed by atoms with Crippen LogP contribution in [0.15, 0.2) is 48.5 Å². The zero-order valence-electron chi connectivity index (χ0n) is 14.7. The van der Waals surface area contributed by atoms with Crippen LogP contribution in [0, 0.1) is 0 Å². The predicted octanol–water partition coefficient (Wildman–Crippen LogP) is 3.33. The number of amides is 2. The molecule has 0 bridgehead atoms. The molecule has 8 heteroatoms. The second-order valence-electron chi connectivity index (χ2n) is 6.01. The Bertz CT molecular complexity index is 802. The molecule has 144 valence electrons. The molecular formula is C19H21Cl2N3O3. The molecule has 27 heavy (non-hydrogen) atoms. The lowest BCUT2D eigenvalue weighted by atomic mass is 10.1. The van der Waals surface area contributed by atoms with E-state index in [0.717, 1.165) is 0 Å². The van der Waals surface area contributed by atoms with E-state index in [1.165, 1.54) is 0 Å². The van der Waals surface area contributed by atoms with Gasteiger partial charge in [0, 0.05) is 17.9 Å². The molecule has 2 atom stereocenters. The first-order chi connectivity index (χ1) is 12.5. The number of nitrogens with one attached hydrogen (secondary N) is 3. The molecule has 3 rings (SSSR count). The molecule has 2 amide bonds. The summed E-state index contributed by atoms with van der Waals surface area (Å²) in [5.41, 5.74) is 1.45. The summed E-state index contributed by atoms with van der Waals surface area (Å²) in [4.78, 5) is 24.9. The SMILES string of the molecule is C[C@H]1OCCN[C@@H]1C(=O)Nc1ccc(Cl)c(C(=O)Nc2ccccc2)c1.Cl. The van der Waals surface area contributed by atoms with Crippen LogP contribution in [-0.2, 0) is 9.53 Å². The fourth-order valence-corrected chi connectivity index (χ4v) is 2.95. The second kappa shape index (κ2) is 9.71. The smallest absolute Gasteiger partial charge is 0.257 e. The van der Waals surface area contributed by atoms with Crippen molar-refractivity contribution in [3.63, 3.8) is 0 Å². The first-order valence-corrected chi connectivity index (χ1v) is 8.74. The summed E-state index contributed by atoms with van der Waals surface area (Å²) in [5.74, 6) is -0.557. The van der Waals surface area contributed by atoms with Gasteiger partial charge in [0.1, 0.15) is 6.04 Å². The average molecular weight is 410 g/mol. The third-order valence-corrected chi connectivity index (χ3v) is 4.44. The van der Waals surface area contributed by atoms with Gasteiger partial charge in [-0.15, -0.1) is 12.4 Å². The van der Waals surface area contributed by atoms with Crippen LogP contribution in [0.1, 0.15) is 17.3 Å². The number of morpholine rings is 1. The number of carbonyl (C=O) groups excluding carboxylic acids is 2. The quantitative estimate of drug-likeness (QED) is 0.723. The molecule has 1 aliphatic heterocycles. The van der Waals surface area contributed by atoms with Gasteiger partial charge < -0.3 is 20.7 Å². The monoisotopic (exact) mass is 409 g/mol. The number of carbonyl (C=O) groups is 2. The summed E-state index contributed by atoms with van der Waals surface area (Å²) in [5, 5.41) is 9.03. The number of para-hydroxylation sites is 1. The minimum atomic E-state index is -0.443. The van der Waals surface area contributed by atoms with E-state index in [1.807, 2.05) is 25.1 Å². The Morgan fingerprint density at radius 1 is 1.11 bits per heavy atom. The number of hydrogen-bond donors (Lipinski definition) is 3. The van der Waals surface area contributed by atoms with Crippen molar-refractivity contribution in [2.75, 3.05) is 23.8 Å². The molecule has 0 saturated carbocycles. The van der Waals surface area contributed by atoms with Crippen molar-refractivity contribution >= 4 is 47.2 Å². The first-order valence-electron chi connectivity index (χ1n) is 8.36. The van der Waals surface area contributed by atoms with Crippen molar-refractivity contribution < 1.29 is 14.3 Å². The molecular weight excluding hydrogens is 389 g/mol. The largest absolute Gasteiger partial charge is 0.375 e. The van der Waals surface area contributed by atoms with Crippen LogP contribution in [-0.4, -0.2) is 37.1 Å². The fraction of sp³-hybridized carbons (Fsp3) is 0.263. The highest BCUT2D eigenvalue weighted by Crippen LogP contribution is 2.22. The number of halogens is 2. The Morgan fingerprint density at radius 3 is 2.56 bits per heavy atom. The summed E-state index contributed by atoms with van der Waals surface area (Å²) >= 11 is 6.16. The van der Waals surface area contributed by atoms with Gasteiger partial charge in [-0.25, -0.2) is 0 Å². The molecule has 2 aromatic rings. The van der Waals surface area contributed by atoms with E-state index >= 15 is 0 Å². The molecule has 1 fully saturated rings. The van der Waals surface area contributed by atoms with Gasteiger partial charge in [0.05, 0.1) is 23.3 Å². The van der Waals surface area contributed by atoms with E-state index in [1.54, 1.807) is 30.3 Å². The third-order valence-electron chi connectivity index (χ3n) is 4.11. The van der Waals surface area contributed by atoms with Gasteiger partial charge in [-0.1, -0.05) is 29.8 Å². The Morgan fingerprint density at radius 2 is 1.85 bits per heavy atom. The van der Waals surface area contributed by atoms with Crippen LogP contribution >= 0.6 is 24.0 Å². The lowest BCUT2D eigenvalue weighted by Gasteiger charge is -2.29. The highest BCUT2D eigenvalue weighted by Gasteiger charge is 2.28. The normalized spacial score (nSPS) is 18.9. The van der Waals surface area contributed by atoms with Gasteiger partial charge in [0.2, 0.25) is 5.91 Å². The summed E-state index contributed by atoms with van der Waals surface area (Å²) < 4.78 is 5.49. The molecule has 0 unspecified atom stereocenters. The number of hydrogen-bond acceptors (Lipinski definition) is 4. The van der Waals surface area contributed by atoms with E-state index < -0.39 is 6.04 Å². The first kappa shape index (κ1) is 21.2. The van der Waals surface area contributed by atoms with Gasteiger partial charge in [0.25, 0.3) is 5.91 Å². The molecule has 0 aliphatic carbocycles. The van der Waals surface area contributed by atoms with Gasteiger partial charge in [-0.3, -0.25) is 9.59 Å². The summed E-state index contributed by atoms with van der Waals surface area (Å²) in [7, 11) is 0. The molecule has 2 aromatic carbocycles. The maximum Gasteiger partial charge on any atom is 0.257 e. The highest BCUT2D eigenvalue weighted by molar-refractivity contribution is 6.34. The molecule has 1 heterocycles. The number of benzene rings is 2. The van der Waals surface area contributed by atoms with Crippen molar-refractivity contribution in [2.24, 2.45) is 0 Å². The molecule has 0 spiro atoms. The minimum Gasteiger partial charge on any atom is -0.375 e. The van der Waals surface area contributed by atoms with Crippen LogP contribution in [0.3, 0.4) is 0 Å². The number of anilines is 2. The maximum atomic E-state index is 12.5. The van der Waals surface area contributed by atoms with Crippen LogP contribution in [0.5, 0.6) is 0 Å². The van der Waals surface area contributed by atoms with Crippen LogP contribution in [0.2, 0.25) is 5.02 Å². The summed E-state index contributed by atoms with van der Waals surface area (Å²) in [6.45, 7) is 3.04. The van der Waals surface area contributed by atoms with E-state index in [2.05, 4.69) is 16.0 Å². The topological polar surface area (TPSA) is 79.5 Å². The Balaban J connectivity index is 0.00000261. The van der Waals surface area contributed by atoms with Gasteiger partial charge in [-0.2, -0.15) is 0 Å². The van der Waals surface area contributed by atoms with Crippen LogP contribution in [0.4, 0.5) is 11.4 Å². The fourth-order valence-electron chi connectivity index (χ4n) is 2.74. The lowest BCUT2D eigenvalue weighted by Crippen LogP contribution is -2.53. The standard InChI is InChI=1S/C19H20ClN3O3.ClH/c1-12-17(21-9-10-26-12)19(25)23-14-7-8-16(20)15(11-14)18(24)22-13-5-3-2-4-6-13;/h2-8,11-12,17,21H,9-10H2,1H3,(H,22,24)(H,23,25);1H/t12-,17+;/m1./s1. The second-order valence-corrected chi connectivity index (χ2v) is 6.42. The Kier molecular flexibility index (Phi) is 7.62. The van der Waals surface area contributed by atoms with Crippen molar-refractivity contribution in [3.05, 3.63) is 59.1 Å². The molecule has 0 aromatic heterocycles. The van der Waals surface area contributed by atoms with E-state index in [-0.39, 0.29) is 35.9 Å². The van der Waals surface area contributed by atoms with Gasteiger partial charge >= 0.3 is 0 Å². The predicted molar refractivity (Wildman–Crippen MR) is 109 cm³/mol.